The van der Waals surface area contributed by atoms with E-state index >= 15 is 0 Å². The Hall–Kier alpha value is -1.26. The van der Waals surface area contributed by atoms with Crippen molar-refractivity contribution in [3.8, 4) is 0 Å². The summed E-state index contributed by atoms with van der Waals surface area (Å²) in [6.07, 6.45) is -5.64. The lowest BCUT2D eigenvalue weighted by molar-refractivity contribution is -0.237. The Labute approximate surface area is 117 Å². The van der Waals surface area contributed by atoms with Crippen molar-refractivity contribution in [1.82, 2.24) is 4.98 Å². The number of thioether (sulfide) groups is 1. The van der Waals surface area contributed by atoms with Crippen LogP contribution in [-0.2, 0) is 0 Å². The summed E-state index contributed by atoms with van der Waals surface area (Å²) in [6.45, 7) is 1.66. The van der Waals surface area contributed by atoms with E-state index in [1.807, 2.05) is 0 Å². The summed E-state index contributed by atoms with van der Waals surface area (Å²) in [5.41, 5.74) is 0. The Balaban J connectivity index is 3.26. The molecule has 0 saturated heterocycles. The fourth-order valence-electron chi connectivity index (χ4n) is 1.13. The lowest BCUT2D eigenvalue weighted by Gasteiger charge is -2.19. The van der Waals surface area contributed by atoms with Crippen molar-refractivity contribution in [3.63, 3.8) is 0 Å². The van der Waals surface area contributed by atoms with E-state index in [9.17, 15) is 35.1 Å². The van der Waals surface area contributed by atoms with Crippen molar-refractivity contribution >= 4 is 17.6 Å². The summed E-state index contributed by atoms with van der Waals surface area (Å²) in [5, 5.41) is -3.32. The van der Waals surface area contributed by atoms with Crippen LogP contribution in [0.3, 0.4) is 0 Å². The lowest BCUT2D eigenvalue weighted by atomic mass is 10.4. The molecule has 21 heavy (non-hydrogen) atoms. The molecule has 0 aliphatic carbocycles. The monoisotopic (exact) mass is 340 g/mol. The van der Waals surface area contributed by atoms with Crippen molar-refractivity contribution < 1.29 is 35.1 Å². The summed E-state index contributed by atoms with van der Waals surface area (Å²) in [5.74, 6) is -6.92. The van der Waals surface area contributed by atoms with E-state index in [1.165, 1.54) is 0 Å². The van der Waals surface area contributed by atoms with Crippen LogP contribution in [0, 0.1) is 17.6 Å². The van der Waals surface area contributed by atoms with Crippen molar-refractivity contribution in [2.45, 2.75) is 29.7 Å². The SMILES string of the molecule is CCCNc1nc(F)c(F)c(SC(F)(F)C(F)(F)F)c1F. The van der Waals surface area contributed by atoms with Crippen molar-refractivity contribution in [2.75, 3.05) is 11.9 Å². The van der Waals surface area contributed by atoms with Gasteiger partial charge < -0.3 is 5.32 Å². The molecular formula is C10H8F8N2S. The van der Waals surface area contributed by atoms with Crippen LogP contribution < -0.4 is 5.32 Å². The fraction of sp³-hybridized carbons (Fsp3) is 0.500. The van der Waals surface area contributed by atoms with Gasteiger partial charge in [-0.1, -0.05) is 6.92 Å². The average molecular weight is 340 g/mol. The Morgan fingerprint density at radius 1 is 1.05 bits per heavy atom. The Morgan fingerprint density at radius 2 is 1.62 bits per heavy atom. The average Bonchev–Trinajstić information content (AvgIpc) is 2.36. The highest BCUT2D eigenvalue weighted by Gasteiger charge is 2.59. The largest absolute Gasteiger partial charge is 0.464 e. The molecule has 0 aliphatic rings. The second kappa shape index (κ2) is 6.24. The maximum atomic E-state index is 13.7. The number of aromatic nitrogens is 1. The molecule has 1 heterocycles. The maximum absolute atomic E-state index is 13.7. The first-order valence-electron chi connectivity index (χ1n) is 5.43. The maximum Gasteiger partial charge on any atom is 0.464 e. The van der Waals surface area contributed by atoms with Gasteiger partial charge in [0, 0.05) is 6.54 Å². The molecule has 1 aromatic rings. The highest BCUT2D eigenvalue weighted by atomic mass is 32.2. The first-order valence-corrected chi connectivity index (χ1v) is 6.24. The predicted molar refractivity (Wildman–Crippen MR) is 59.8 cm³/mol. The second-order valence-corrected chi connectivity index (χ2v) is 4.88. The van der Waals surface area contributed by atoms with Gasteiger partial charge in [0.05, 0.1) is 4.90 Å². The number of hydrogen-bond donors (Lipinski definition) is 1. The van der Waals surface area contributed by atoms with E-state index in [1.54, 1.807) is 6.92 Å². The van der Waals surface area contributed by atoms with E-state index in [4.69, 9.17) is 0 Å². The van der Waals surface area contributed by atoms with E-state index in [0.717, 1.165) is 0 Å². The van der Waals surface area contributed by atoms with Crippen molar-refractivity contribution in [1.29, 1.82) is 0 Å². The van der Waals surface area contributed by atoms with Crippen LogP contribution in [-0.4, -0.2) is 23.0 Å². The molecule has 0 unspecified atom stereocenters. The molecule has 0 saturated carbocycles. The van der Waals surface area contributed by atoms with Crippen LogP contribution in [0.15, 0.2) is 4.90 Å². The molecule has 0 amide bonds. The molecule has 0 aliphatic heterocycles. The number of nitrogens with one attached hydrogen (secondary N) is 1. The summed E-state index contributed by atoms with van der Waals surface area (Å²) in [7, 11) is 0. The molecule has 0 aromatic carbocycles. The van der Waals surface area contributed by atoms with Crippen LogP contribution in [0.1, 0.15) is 13.3 Å². The molecule has 0 bridgehead atoms. The number of pyridine rings is 1. The molecule has 2 nitrogen and oxygen atoms in total. The zero-order valence-electron chi connectivity index (χ0n) is 10.3. The molecule has 0 radical (unpaired) electrons. The van der Waals surface area contributed by atoms with Crippen LogP contribution in [0.4, 0.5) is 40.9 Å². The van der Waals surface area contributed by atoms with Crippen molar-refractivity contribution in [2.24, 2.45) is 0 Å². The summed E-state index contributed by atoms with van der Waals surface area (Å²) in [4.78, 5) is 1.01. The third kappa shape index (κ3) is 3.89. The van der Waals surface area contributed by atoms with Gasteiger partial charge in [-0.3, -0.25) is 0 Å². The number of anilines is 1. The third-order valence-electron chi connectivity index (χ3n) is 2.10. The molecule has 0 spiro atoms. The number of hydrogen-bond acceptors (Lipinski definition) is 3. The van der Waals surface area contributed by atoms with Crippen LogP contribution >= 0.6 is 11.8 Å². The van der Waals surface area contributed by atoms with E-state index in [2.05, 4.69) is 10.3 Å². The molecule has 0 fully saturated rings. The first kappa shape index (κ1) is 17.8. The van der Waals surface area contributed by atoms with Gasteiger partial charge in [-0.25, -0.2) is 8.78 Å². The summed E-state index contributed by atoms with van der Waals surface area (Å²) in [6, 6.07) is 0. The molecule has 120 valence electrons. The van der Waals surface area contributed by atoms with Crippen LogP contribution in [0.2, 0.25) is 0 Å². The minimum Gasteiger partial charge on any atom is -0.368 e. The lowest BCUT2D eigenvalue weighted by Crippen LogP contribution is -2.33. The molecule has 1 N–H and O–H groups in total. The van der Waals surface area contributed by atoms with E-state index in [0.29, 0.717) is 6.42 Å². The molecule has 1 rings (SSSR count). The number of nitrogens with zero attached hydrogens (tertiary/aromatic N) is 1. The quantitative estimate of drug-likeness (QED) is 0.483. The smallest absolute Gasteiger partial charge is 0.368 e. The van der Waals surface area contributed by atoms with Gasteiger partial charge >= 0.3 is 11.4 Å². The zero-order valence-corrected chi connectivity index (χ0v) is 11.1. The number of rotatable bonds is 5. The third-order valence-corrected chi connectivity index (χ3v) is 3.15. The molecule has 1 aromatic heterocycles. The minimum atomic E-state index is -6.05. The van der Waals surface area contributed by atoms with Gasteiger partial charge in [-0.2, -0.15) is 31.3 Å². The van der Waals surface area contributed by atoms with Crippen LogP contribution in [0.5, 0.6) is 0 Å². The molecular weight excluding hydrogens is 332 g/mol. The highest BCUT2D eigenvalue weighted by Crippen LogP contribution is 2.49. The van der Waals surface area contributed by atoms with Gasteiger partial charge in [0.2, 0.25) is 0 Å². The highest BCUT2D eigenvalue weighted by molar-refractivity contribution is 8.00. The summed E-state index contributed by atoms with van der Waals surface area (Å²) >= 11 is -1.46. The summed E-state index contributed by atoms with van der Waals surface area (Å²) < 4.78 is 102. The van der Waals surface area contributed by atoms with Crippen LogP contribution in [0.25, 0.3) is 0 Å². The topological polar surface area (TPSA) is 24.9 Å². The Bertz CT molecular complexity index is 517. The van der Waals surface area contributed by atoms with Gasteiger partial charge in [0.15, 0.2) is 17.5 Å². The minimum absolute atomic E-state index is 0.0365. The molecule has 0 atom stereocenters. The van der Waals surface area contributed by atoms with Gasteiger partial charge in [-0.15, -0.1) is 0 Å². The first-order chi connectivity index (χ1) is 9.51. The van der Waals surface area contributed by atoms with E-state index < -0.39 is 51.5 Å². The normalized spacial score (nSPS) is 12.6. The fourth-order valence-corrected chi connectivity index (χ4v) is 1.86. The number of alkyl halides is 5. The van der Waals surface area contributed by atoms with Gasteiger partial charge in [0.1, 0.15) is 0 Å². The number of halogens is 8. The van der Waals surface area contributed by atoms with Crippen molar-refractivity contribution in [3.05, 3.63) is 17.6 Å². The Kier molecular flexibility index (Phi) is 5.29. The second-order valence-electron chi connectivity index (χ2n) is 3.75. The standard InChI is InChI=1S/C10H8F8N2S/c1-2-3-19-8-5(12)6(4(11)7(13)20-8)21-10(17,18)9(14,15)16/h2-3H2,1H3,(H,19,20). The Morgan fingerprint density at radius 3 is 2.10 bits per heavy atom. The predicted octanol–water partition coefficient (Wildman–Crippen LogP) is 4.57. The van der Waals surface area contributed by atoms with Gasteiger partial charge in [-0.05, 0) is 18.2 Å². The molecule has 11 heteroatoms. The van der Waals surface area contributed by atoms with E-state index in [-0.39, 0.29) is 6.54 Å². The zero-order chi connectivity index (χ0) is 16.4. The van der Waals surface area contributed by atoms with Gasteiger partial charge in [0.25, 0.3) is 5.95 Å².